The largest absolute Gasteiger partial charge is 0.416 e. The highest BCUT2D eigenvalue weighted by Gasteiger charge is 2.31. The lowest BCUT2D eigenvalue weighted by molar-refractivity contribution is -0.137. The summed E-state index contributed by atoms with van der Waals surface area (Å²) in [7, 11) is 0. The van der Waals surface area contributed by atoms with Gasteiger partial charge >= 0.3 is 6.18 Å². The Morgan fingerprint density at radius 1 is 1.26 bits per heavy atom. The molecule has 0 spiro atoms. The summed E-state index contributed by atoms with van der Waals surface area (Å²) in [5.41, 5.74) is 6.69. The van der Waals surface area contributed by atoms with Gasteiger partial charge in [0.05, 0.1) is 17.7 Å². The standard InChI is InChI=1S/C14H20F3NO/c1-4-12(19-5-2)13(18)11-7-6-10(8-9(11)3)14(15,16)17/h6-8,12-13H,4-5,18H2,1-3H3. The van der Waals surface area contributed by atoms with Crippen molar-refractivity contribution in [2.75, 3.05) is 6.61 Å². The van der Waals surface area contributed by atoms with E-state index in [4.69, 9.17) is 10.5 Å². The van der Waals surface area contributed by atoms with Crippen LogP contribution in [0.3, 0.4) is 0 Å². The van der Waals surface area contributed by atoms with Crippen molar-refractivity contribution in [3.05, 3.63) is 34.9 Å². The van der Waals surface area contributed by atoms with Crippen LogP contribution in [0.1, 0.15) is 43.0 Å². The number of aryl methyl sites for hydroxylation is 1. The first-order valence-electron chi connectivity index (χ1n) is 6.36. The molecular weight excluding hydrogens is 255 g/mol. The Morgan fingerprint density at radius 2 is 1.89 bits per heavy atom. The molecule has 0 radical (unpaired) electrons. The lowest BCUT2D eigenvalue weighted by Crippen LogP contribution is -2.29. The highest BCUT2D eigenvalue weighted by atomic mass is 19.4. The zero-order valence-corrected chi connectivity index (χ0v) is 11.4. The first-order chi connectivity index (χ1) is 8.81. The normalized spacial score (nSPS) is 15.3. The Morgan fingerprint density at radius 3 is 2.32 bits per heavy atom. The fraction of sp³-hybridized carbons (Fsp3) is 0.571. The lowest BCUT2D eigenvalue weighted by Gasteiger charge is -2.24. The fourth-order valence-electron chi connectivity index (χ4n) is 2.12. The quantitative estimate of drug-likeness (QED) is 0.886. The van der Waals surface area contributed by atoms with Crippen LogP contribution in [0.4, 0.5) is 13.2 Å². The van der Waals surface area contributed by atoms with Crippen molar-refractivity contribution in [1.29, 1.82) is 0 Å². The minimum absolute atomic E-state index is 0.180. The molecule has 0 bridgehead atoms. The van der Waals surface area contributed by atoms with Crippen LogP contribution in [0.25, 0.3) is 0 Å². The van der Waals surface area contributed by atoms with E-state index in [2.05, 4.69) is 0 Å². The average Bonchev–Trinajstić information content (AvgIpc) is 2.34. The third-order valence-electron chi connectivity index (χ3n) is 3.14. The van der Waals surface area contributed by atoms with E-state index in [0.29, 0.717) is 17.7 Å². The van der Waals surface area contributed by atoms with Crippen LogP contribution >= 0.6 is 0 Å². The van der Waals surface area contributed by atoms with Crippen molar-refractivity contribution in [2.45, 2.75) is 45.5 Å². The molecule has 0 aliphatic carbocycles. The van der Waals surface area contributed by atoms with E-state index in [9.17, 15) is 13.2 Å². The van der Waals surface area contributed by atoms with Crippen LogP contribution in [-0.2, 0) is 10.9 Å². The van der Waals surface area contributed by atoms with Crippen molar-refractivity contribution in [1.82, 2.24) is 0 Å². The molecule has 1 aromatic carbocycles. The van der Waals surface area contributed by atoms with Crippen LogP contribution in [0, 0.1) is 6.92 Å². The fourth-order valence-corrected chi connectivity index (χ4v) is 2.12. The Balaban J connectivity index is 3.02. The first kappa shape index (κ1) is 16.0. The van der Waals surface area contributed by atoms with E-state index in [0.717, 1.165) is 18.6 Å². The topological polar surface area (TPSA) is 35.2 Å². The van der Waals surface area contributed by atoms with Gasteiger partial charge in [0.15, 0.2) is 0 Å². The molecule has 2 nitrogen and oxygen atoms in total. The summed E-state index contributed by atoms with van der Waals surface area (Å²) in [6.07, 6.45) is -3.78. The van der Waals surface area contributed by atoms with E-state index in [-0.39, 0.29) is 6.10 Å². The van der Waals surface area contributed by atoms with E-state index in [1.807, 2.05) is 13.8 Å². The zero-order chi connectivity index (χ0) is 14.6. The molecule has 0 saturated heterocycles. The van der Waals surface area contributed by atoms with Gasteiger partial charge in [0, 0.05) is 6.61 Å². The number of halogens is 3. The van der Waals surface area contributed by atoms with Crippen LogP contribution in [0.15, 0.2) is 18.2 Å². The highest BCUT2D eigenvalue weighted by Crippen LogP contribution is 2.32. The minimum Gasteiger partial charge on any atom is -0.377 e. The first-order valence-corrected chi connectivity index (χ1v) is 6.36. The van der Waals surface area contributed by atoms with E-state index in [1.165, 1.54) is 6.07 Å². The van der Waals surface area contributed by atoms with Crippen LogP contribution in [0.2, 0.25) is 0 Å². The highest BCUT2D eigenvalue weighted by molar-refractivity contribution is 5.35. The third kappa shape index (κ3) is 3.94. The van der Waals surface area contributed by atoms with Crippen molar-refractivity contribution in [3.8, 4) is 0 Å². The molecule has 5 heteroatoms. The lowest BCUT2D eigenvalue weighted by atomic mass is 9.94. The second-order valence-electron chi connectivity index (χ2n) is 4.50. The molecule has 2 atom stereocenters. The minimum atomic E-state index is -4.32. The molecule has 108 valence electrons. The summed E-state index contributed by atoms with van der Waals surface area (Å²) >= 11 is 0. The molecule has 1 rings (SSSR count). The molecule has 0 aliphatic heterocycles. The predicted octanol–water partition coefficient (Wildman–Crippen LogP) is 3.83. The maximum Gasteiger partial charge on any atom is 0.416 e. The molecule has 2 N–H and O–H groups in total. The van der Waals surface area contributed by atoms with Gasteiger partial charge in [0.1, 0.15) is 0 Å². The summed E-state index contributed by atoms with van der Waals surface area (Å²) in [6, 6.07) is 3.24. The summed E-state index contributed by atoms with van der Waals surface area (Å²) in [5.74, 6) is 0. The van der Waals surface area contributed by atoms with Crippen molar-refractivity contribution < 1.29 is 17.9 Å². The number of nitrogens with two attached hydrogens (primary N) is 1. The molecule has 19 heavy (non-hydrogen) atoms. The number of rotatable bonds is 5. The molecule has 0 saturated carbocycles. The second kappa shape index (κ2) is 6.39. The van der Waals surface area contributed by atoms with E-state index in [1.54, 1.807) is 6.92 Å². The number of hydrogen-bond acceptors (Lipinski definition) is 2. The molecule has 0 fully saturated rings. The van der Waals surface area contributed by atoms with Crippen molar-refractivity contribution >= 4 is 0 Å². The number of alkyl halides is 3. The van der Waals surface area contributed by atoms with E-state index < -0.39 is 17.8 Å². The molecule has 0 amide bonds. The number of ether oxygens (including phenoxy) is 1. The molecule has 0 aliphatic rings. The predicted molar refractivity (Wildman–Crippen MR) is 68.8 cm³/mol. The molecule has 0 heterocycles. The molecule has 2 unspecified atom stereocenters. The number of hydrogen-bond donors (Lipinski definition) is 1. The van der Waals surface area contributed by atoms with Gasteiger partial charge in [0.25, 0.3) is 0 Å². The summed E-state index contributed by atoms with van der Waals surface area (Å²) in [5, 5.41) is 0. The van der Waals surface area contributed by atoms with Gasteiger partial charge in [-0.1, -0.05) is 13.0 Å². The number of benzene rings is 1. The van der Waals surface area contributed by atoms with Crippen LogP contribution in [0.5, 0.6) is 0 Å². The maximum absolute atomic E-state index is 12.6. The van der Waals surface area contributed by atoms with E-state index >= 15 is 0 Å². The van der Waals surface area contributed by atoms with Gasteiger partial charge in [-0.15, -0.1) is 0 Å². The smallest absolute Gasteiger partial charge is 0.377 e. The average molecular weight is 275 g/mol. The Bertz CT molecular complexity index is 418. The summed E-state index contributed by atoms with van der Waals surface area (Å²) in [4.78, 5) is 0. The third-order valence-corrected chi connectivity index (χ3v) is 3.14. The maximum atomic E-state index is 12.6. The van der Waals surface area contributed by atoms with Gasteiger partial charge in [0.2, 0.25) is 0 Å². The van der Waals surface area contributed by atoms with Crippen molar-refractivity contribution in [3.63, 3.8) is 0 Å². The van der Waals surface area contributed by atoms with Gasteiger partial charge in [-0.2, -0.15) is 13.2 Å². The van der Waals surface area contributed by atoms with Crippen LogP contribution in [-0.4, -0.2) is 12.7 Å². The summed E-state index contributed by atoms with van der Waals surface area (Å²) in [6.45, 7) is 5.99. The molecule has 1 aromatic rings. The van der Waals surface area contributed by atoms with Crippen LogP contribution < -0.4 is 5.73 Å². The second-order valence-corrected chi connectivity index (χ2v) is 4.50. The molecule has 0 aromatic heterocycles. The van der Waals surface area contributed by atoms with Gasteiger partial charge in [-0.25, -0.2) is 0 Å². The zero-order valence-electron chi connectivity index (χ0n) is 11.4. The summed E-state index contributed by atoms with van der Waals surface area (Å²) < 4.78 is 43.3. The van der Waals surface area contributed by atoms with Crippen molar-refractivity contribution in [2.24, 2.45) is 5.73 Å². The van der Waals surface area contributed by atoms with Gasteiger partial charge < -0.3 is 10.5 Å². The SMILES string of the molecule is CCOC(CC)C(N)c1ccc(C(F)(F)F)cc1C. The van der Waals surface area contributed by atoms with Gasteiger partial charge in [-0.3, -0.25) is 0 Å². The Labute approximate surface area is 111 Å². The van der Waals surface area contributed by atoms with Gasteiger partial charge in [-0.05, 0) is 43.5 Å². The Kier molecular flexibility index (Phi) is 5.38. The Hall–Kier alpha value is -1.07. The molecular formula is C14H20F3NO. The monoisotopic (exact) mass is 275 g/mol.